The molecule has 1 unspecified atom stereocenters. The summed E-state index contributed by atoms with van der Waals surface area (Å²) in [6.07, 6.45) is 11.7. The Hall–Kier alpha value is -2.89. The summed E-state index contributed by atoms with van der Waals surface area (Å²) in [6, 6.07) is 6.54. The van der Waals surface area contributed by atoms with Crippen molar-refractivity contribution < 1.29 is 24.6 Å². The largest absolute Gasteiger partial charge is 0.480 e. The molecule has 5 aliphatic carbocycles. The van der Waals surface area contributed by atoms with Crippen molar-refractivity contribution in [3.8, 4) is 0 Å². The number of nitrogens with one attached hydrogen (secondary N) is 1. The average Bonchev–Trinajstić information content (AvgIpc) is 3.39. The first-order chi connectivity index (χ1) is 21.4. The van der Waals surface area contributed by atoms with Gasteiger partial charge in [0.2, 0.25) is 5.91 Å². The van der Waals surface area contributed by atoms with Gasteiger partial charge in [0.1, 0.15) is 6.04 Å². The predicted molar refractivity (Wildman–Crippen MR) is 181 cm³/mol. The van der Waals surface area contributed by atoms with Crippen LogP contribution in [-0.2, 0) is 9.59 Å². The predicted octanol–water partition coefficient (Wildman–Crippen LogP) is 8.63. The van der Waals surface area contributed by atoms with E-state index >= 15 is 0 Å². The second-order valence-corrected chi connectivity index (χ2v) is 17.3. The molecule has 46 heavy (non-hydrogen) atoms. The van der Waals surface area contributed by atoms with Gasteiger partial charge in [0, 0.05) is 0 Å². The molecule has 0 bridgehead atoms. The van der Waals surface area contributed by atoms with Crippen molar-refractivity contribution >= 4 is 23.4 Å². The van der Waals surface area contributed by atoms with E-state index in [1.165, 1.54) is 17.6 Å². The molecule has 1 aromatic rings. The molecule has 4 saturated carbocycles. The van der Waals surface area contributed by atoms with Crippen LogP contribution in [0.1, 0.15) is 122 Å². The summed E-state index contributed by atoms with van der Waals surface area (Å²) in [4.78, 5) is 37.3. The Bertz CT molecular complexity index is 1490. The van der Waals surface area contributed by atoms with Crippen LogP contribution in [0.5, 0.6) is 0 Å². The van der Waals surface area contributed by atoms with Gasteiger partial charge < -0.3 is 15.5 Å². The van der Waals surface area contributed by atoms with Crippen molar-refractivity contribution in [1.29, 1.82) is 0 Å². The number of hydrogen-bond acceptors (Lipinski definition) is 3. The van der Waals surface area contributed by atoms with Gasteiger partial charge in [0.25, 0.3) is 0 Å². The fraction of sp³-hybridized carbons (Fsp3) is 0.675. The maximum atomic E-state index is 14.1. The number of amides is 1. The summed E-state index contributed by atoms with van der Waals surface area (Å²) in [5.74, 6) is 0.0128. The second kappa shape index (κ2) is 10.8. The van der Waals surface area contributed by atoms with Gasteiger partial charge >= 0.3 is 11.9 Å². The number of aromatic carboxylic acids is 1. The highest BCUT2D eigenvalue weighted by molar-refractivity contribution is 5.89. The number of benzene rings is 1. The lowest BCUT2D eigenvalue weighted by atomic mass is 9.32. The lowest BCUT2D eigenvalue weighted by Crippen LogP contribution is -2.66. The highest BCUT2D eigenvalue weighted by atomic mass is 16.4. The number of hydrogen-bond donors (Lipinski definition) is 3. The van der Waals surface area contributed by atoms with Gasteiger partial charge in [-0.2, -0.15) is 0 Å². The molecule has 0 heterocycles. The van der Waals surface area contributed by atoms with Gasteiger partial charge in [-0.25, -0.2) is 4.79 Å². The Kier molecular flexibility index (Phi) is 7.77. The van der Waals surface area contributed by atoms with Crippen molar-refractivity contribution in [2.45, 2.75) is 112 Å². The molecule has 1 aromatic carbocycles. The Morgan fingerprint density at radius 2 is 1.54 bits per heavy atom. The van der Waals surface area contributed by atoms with E-state index in [0.29, 0.717) is 23.3 Å². The highest BCUT2D eigenvalue weighted by Crippen LogP contribution is 2.77. The van der Waals surface area contributed by atoms with E-state index in [1.54, 1.807) is 19.1 Å². The average molecular weight is 630 g/mol. The van der Waals surface area contributed by atoms with Crippen LogP contribution in [0.25, 0.3) is 5.57 Å². The molecule has 6 heteroatoms. The zero-order valence-electron chi connectivity index (χ0n) is 29.0. The third kappa shape index (κ3) is 4.44. The first-order valence-corrected chi connectivity index (χ1v) is 17.7. The lowest BCUT2D eigenvalue weighted by Gasteiger charge is -2.72. The molecule has 0 aliphatic heterocycles. The first kappa shape index (κ1) is 33.0. The fourth-order valence-electron chi connectivity index (χ4n) is 12.8. The van der Waals surface area contributed by atoms with E-state index in [9.17, 15) is 24.6 Å². The SMILES string of the molecule is C=C(C)[C@@H]1CC[C@]2(C(=O)NC(C)C(=O)O)CC[C@]3(C)[C@H](CC[C@@H]4[C@@]5(C)CC=C(c6ccc(C(=O)O)cc6)C(C)(C)[C@@H]5CC[C@]43C)[C@@H]12. The van der Waals surface area contributed by atoms with Crippen molar-refractivity contribution in [3.05, 3.63) is 53.6 Å². The minimum absolute atomic E-state index is 0.0477. The van der Waals surface area contributed by atoms with Crippen molar-refractivity contribution in [2.75, 3.05) is 0 Å². The lowest BCUT2D eigenvalue weighted by molar-refractivity contribution is -0.225. The molecule has 1 amide bonds. The summed E-state index contributed by atoms with van der Waals surface area (Å²) in [5, 5.41) is 22.0. The molecule has 6 nitrogen and oxygen atoms in total. The number of carboxylic acids is 2. The summed E-state index contributed by atoms with van der Waals surface area (Å²) < 4.78 is 0. The maximum absolute atomic E-state index is 14.1. The second-order valence-electron chi connectivity index (χ2n) is 17.3. The molecule has 5 aliphatic rings. The summed E-state index contributed by atoms with van der Waals surface area (Å²) in [6.45, 7) is 20.7. The van der Waals surface area contributed by atoms with Gasteiger partial charge in [-0.05, 0) is 146 Å². The molecule has 0 aromatic heterocycles. The molecule has 6 rings (SSSR count). The van der Waals surface area contributed by atoms with E-state index in [4.69, 9.17) is 0 Å². The number of allylic oxidation sites excluding steroid dienone is 3. The van der Waals surface area contributed by atoms with Crippen LogP contribution in [-0.4, -0.2) is 34.1 Å². The summed E-state index contributed by atoms with van der Waals surface area (Å²) in [7, 11) is 0. The van der Waals surface area contributed by atoms with Gasteiger partial charge in [0.15, 0.2) is 0 Å². The maximum Gasteiger partial charge on any atom is 0.335 e. The zero-order chi connectivity index (χ0) is 33.6. The Labute approximate surface area is 275 Å². The molecular weight excluding hydrogens is 574 g/mol. The van der Waals surface area contributed by atoms with Crippen LogP contribution in [0.15, 0.2) is 42.5 Å². The third-order valence-electron chi connectivity index (χ3n) is 15.3. The molecule has 3 N–H and O–H groups in total. The normalized spacial score (nSPS) is 41.5. The number of rotatable bonds is 6. The number of fused-ring (bicyclic) bond motifs is 7. The van der Waals surface area contributed by atoms with Crippen LogP contribution in [0.4, 0.5) is 0 Å². The van der Waals surface area contributed by atoms with Crippen LogP contribution in [0.2, 0.25) is 0 Å². The van der Waals surface area contributed by atoms with E-state index < -0.39 is 23.4 Å². The molecule has 0 saturated heterocycles. The van der Waals surface area contributed by atoms with Crippen LogP contribution >= 0.6 is 0 Å². The minimum atomic E-state index is -0.987. The first-order valence-electron chi connectivity index (χ1n) is 17.7. The third-order valence-corrected chi connectivity index (χ3v) is 15.3. The Morgan fingerprint density at radius 1 is 0.870 bits per heavy atom. The van der Waals surface area contributed by atoms with Crippen molar-refractivity contribution in [3.63, 3.8) is 0 Å². The molecule has 0 radical (unpaired) electrons. The monoisotopic (exact) mass is 629 g/mol. The molecular formula is C40H55NO5. The van der Waals surface area contributed by atoms with E-state index in [-0.39, 0.29) is 39.4 Å². The van der Waals surface area contributed by atoms with E-state index in [1.807, 2.05) is 12.1 Å². The van der Waals surface area contributed by atoms with Gasteiger partial charge in [-0.1, -0.05) is 65.0 Å². The number of carboxylic acid groups (broad SMARTS) is 2. The topological polar surface area (TPSA) is 104 Å². The van der Waals surface area contributed by atoms with Crippen molar-refractivity contribution in [1.82, 2.24) is 5.32 Å². The summed E-state index contributed by atoms with van der Waals surface area (Å²) in [5.41, 5.74) is 3.74. The number of carbonyl (C=O) groups is 3. The fourth-order valence-corrected chi connectivity index (χ4v) is 12.8. The van der Waals surface area contributed by atoms with Gasteiger partial charge in [-0.15, -0.1) is 0 Å². The molecule has 250 valence electrons. The van der Waals surface area contributed by atoms with Gasteiger partial charge in [-0.3, -0.25) is 9.59 Å². The minimum Gasteiger partial charge on any atom is -0.480 e. The standard InChI is InChI=1S/C40H55NO5/c1-23(2)27-15-20-40(35(46)41-24(3)33(42)43)22-21-38(7)29(32(27)40)13-14-31-37(6)18-16-28(25-9-11-26(12-10-25)34(44)45)36(4,5)30(37)17-19-39(31,38)8/h9-12,16,24,27,29-32H,1,13-15,17-22H2,2-8H3,(H,41,46)(H,42,43)(H,44,45)/t24?,27-,29+,30-,31+,32+,37-,38+,39+,40-/m0/s1. The zero-order valence-corrected chi connectivity index (χ0v) is 29.0. The number of aliphatic carboxylic acids is 1. The molecule has 4 fully saturated rings. The van der Waals surface area contributed by atoms with Crippen molar-refractivity contribution in [2.24, 2.45) is 56.7 Å². The molecule has 10 atom stereocenters. The van der Waals surface area contributed by atoms with Crippen LogP contribution in [0, 0.1) is 56.7 Å². The van der Waals surface area contributed by atoms with Crippen LogP contribution in [0.3, 0.4) is 0 Å². The molecule has 0 spiro atoms. The van der Waals surface area contributed by atoms with Crippen LogP contribution < -0.4 is 5.32 Å². The Morgan fingerprint density at radius 3 is 2.15 bits per heavy atom. The highest BCUT2D eigenvalue weighted by Gasteiger charge is 2.71. The van der Waals surface area contributed by atoms with E-state index in [0.717, 1.165) is 56.9 Å². The quantitative estimate of drug-likeness (QED) is 0.273. The van der Waals surface area contributed by atoms with E-state index in [2.05, 4.69) is 59.5 Å². The van der Waals surface area contributed by atoms with Gasteiger partial charge in [0.05, 0.1) is 11.0 Å². The summed E-state index contributed by atoms with van der Waals surface area (Å²) >= 11 is 0. The number of carbonyl (C=O) groups excluding carboxylic acids is 1. The smallest absolute Gasteiger partial charge is 0.335 e. The Balaban J connectivity index is 1.35.